The summed E-state index contributed by atoms with van der Waals surface area (Å²) in [6, 6.07) is 8.00. The number of fused-ring (bicyclic) bond motifs is 1. The van der Waals surface area contributed by atoms with Crippen molar-refractivity contribution in [3.63, 3.8) is 0 Å². The van der Waals surface area contributed by atoms with Gasteiger partial charge in [-0.05, 0) is 44.9 Å². The van der Waals surface area contributed by atoms with E-state index in [-0.39, 0.29) is 24.6 Å². The Labute approximate surface area is 204 Å². The van der Waals surface area contributed by atoms with Crippen LogP contribution >= 0.6 is 22.7 Å². The van der Waals surface area contributed by atoms with E-state index in [9.17, 15) is 9.90 Å². The third-order valence-electron chi connectivity index (χ3n) is 5.64. The molecular formula is C23H25N7O2S2. The quantitative estimate of drug-likeness (QED) is 0.346. The van der Waals surface area contributed by atoms with Gasteiger partial charge in [-0.3, -0.25) is 4.79 Å². The van der Waals surface area contributed by atoms with Crippen LogP contribution < -0.4 is 10.6 Å². The number of rotatable bonds is 7. The first-order valence-electron chi connectivity index (χ1n) is 11.1. The number of thiazole rings is 1. The third-order valence-corrected chi connectivity index (χ3v) is 7.38. The van der Waals surface area contributed by atoms with Crippen molar-refractivity contribution in [1.29, 1.82) is 0 Å². The second kappa shape index (κ2) is 9.61. The largest absolute Gasteiger partial charge is 0.394 e. The molecule has 0 spiro atoms. The van der Waals surface area contributed by atoms with E-state index in [4.69, 9.17) is 0 Å². The Kier molecular flexibility index (Phi) is 6.40. The van der Waals surface area contributed by atoms with Crippen LogP contribution in [0.2, 0.25) is 0 Å². The molecule has 0 saturated carbocycles. The number of aliphatic hydroxyl groups is 1. The summed E-state index contributed by atoms with van der Waals surface area (Å²) in [5.41, 5.74) is 5.38. The van der Waals surface area contributed by atoms with Crippen LogP contribution in [0.3, 0.4) is 0 Å². The molecule has 1 aromatic carbocycles. The molecule has 0 bridgehead atoms. The first-order chi connectivity index (χ1) is 16.5. The van der Waals surface area contributed by atoms with Gasteiger partial charge in [0, 0.05) is 36.2 Å². The lowest BCUT2D eigenvalue weighted by Gasteiger charge is -2.21. The van der Waals surface area contributed by atoms with E-state index < -0.39 is 0 Å². The molecule has 4 heterocycles. The molecule has 3 N–H and O–H groups in total. The topological polar surface area (TPSA) is 116 Å². The highest BCUT2D eigenvalue weighted by Crippen LogP contribution is 2.34. The minimum absolute atomic E-state index is 0.0336. The molecule has 176 valence electrons. The summed E-state index contributed by atoms with van der Waals surface area (Å²) in [4.78, 5) is 23.5. The van der Waals surface area contributed by atoms with Crippen LogP contribution in [0.5, 0.6) is 0 Å². The van der Waals surface area contributed by atoms with Gasteiger partial charge in [0.05, 0.1) is 33.9 Å². The summed E-state index contributed by atoms with van der Waals surface area (Å²) in [7, 11) is 0. The molecule has 3 aromatic heterocycles. The zero-order valence-corrected chi connectivity index (χ0v) is 20.5. The van der Waals surface area contributed by atoms with Crippen molar-refractivity contribution in [3.8, 4) is 10.6 Å². The SMILES string of the molecule is CC(C)Nc1cc(Nc2ccc3ncsc3c2)ncc1-c1nnc(C(=O)N2CCCC2CO)s1. The van der Waals surface area contributed by atoms with Crippen molar-refractivity contribution in [3.05, 3.63) is 41.0 Å². The van der Waals surface area contributed by atoms with Crippen LogP contribution in [-0.4, -0.2) is 61.3 Å². The van der Waals surface area contributed by atoms with Gasteiger partial charge in [0.2, 0.25) is 5.01 Å². The van der Waals surface area contributed by atoms with Crippen LogP contribution in [-0.2, 0) is 0 Å². The lowest BCUT2D eigenvalue weighted by molar-refractivity contribution is 0.0676. The number of hydrogen-bond acceptors (Lipinski definition) is 10. The van der Waals surface area contributed by atoms with Crippen LogP contribution in [0, 0.1) is 0 Å². The van der Waals surface area contributed by atoms with Crippen molar-refractivity contribution in [2.75, 3.05) is 23.8 Å². The zero-order chi connectivity index (χ0) is 23.7. The van der Waals surface area contributed by atoms with E-state index in [1.807, 2.05) is 23.7 Å². The average Bonchev–Trinajstić information content (AvgIpc) is 3.58. The molecule has 1 saturated heterocycles. The minimum Gasteiger partial charge on any atom is -0.394 e. The number of aliphatic hydroxyl groups excluding tert-OH is 1. The Bertz CT molecular complexity index is 1320. The van der Waals surface area contributed by atoms with Gasteiger partial charge < -0.3 is 20.6 Å². The van der Waals surface area contributed by atoms with Crippen LogP contribution in [0.15, 0.2) is 36.0 Å². The number of carbonyl (C=O) groups is 1. The summed E-state index contributed by atoms with van der Waals surface area (Å²) < 4.78 is 1.11. The summed E-state index contributed by atoms with van der Waals surface area (Å²) in [6.45, 7) is 4.72. The second-order valence-corrected chi connectivity index (χ2v) is 10.3. The Morgan fingerprint density at radius 1 is 1.26 bits per heavy atom. The number of carbonyl (C=O) groups excluding carboxylic acids is 1. The summed E-state index contributed by atoms with van der Waals surface area (Å²) in [6.07, 6.45) is 3.45. The summed E-state index contributed by atoms with van der Waals surface area (Å²) in [5.74, 6) is 0.516. The van der Waals surface area contributed by atoms with E-state index in [0.29, 0.717) is 22.4 Å². The minimum atomic E-state index is -0.177. The lowest BCUT2D eigenvalue weighted by atomic mass is 10.2. The standard InChI is InChI=1S/C23H25N7O2S2/c1-13(2)26-18-9-20(27-14-5-6-17-19(8-14)33-12-25-17)24-10-16(18)21-28-29-22(34-21)23(32)30-7-3-4-15(30)11-31/h5-6,8-10,12-13,15,31H,3-4,7,11H2,1-2H3,(H2,24,26,27). The fourth-order valence-electron chi connectivity index (χ4n) is 4.04. The monoisotopic (exact) mass is 495 g/mol. The number of likely N-dealkylation sites (tertiary alicyclic amines) is 1. The summed E-state index contributed by atoms with van der Waals surface area (Å²) in [5, 5.41) is 25.8. The number of amides is 1. The molecule has 1 atom stereocenters. The maximum atomic E-state index is 12.9. The fourth-order valence-corrected chi connectivity index (χ4v) is 5.58. The van der Waals surface area contributed by atoms with Crippen molar-refractivity contribution >= 4 is 56.0 Å². The molecule has 0 radical (unpaired) electrons. The van der Waals surface area contributed by atoms with Gasteiger partial charge in [-0.15, -0.1) is 21.5 Å². The molecule has 34 heavy (non-hydrogen) atoms. The highest BCUT2D eigenvalue weighted by molar-refractivity contribution is 7.17. The maximum Gasteiger partial charge on any atom is 0.285 e. The Hall–Kier alpha value is -3.15. The third kappa shape index (κ3) is 4.59. The average molecular weight is 496 g/mol. The molecule has 11 heteroatoms. The molecule has 1 amide bonds. The highest BCUT2D eigenvalue weighted by atomic mass is 32.1. The second-order valence-electron chi connectivity index (χ2n) is 8.46. The van der Waals surface area contributed by atoms with Crippen molar-refractivity contribution in [2.24, 2.45) is 0 Å². The van der Waals surface area contributed by atoms with E-state index in [2.05, 4.69) is 50.7 Å². The van der Waals surface area contributed by atoms with Crippen LogP contribution in [0.4, 0.5) is 17.2 Å². The van der Waals surface area contributed by atoms with Gasteiger partial charge >= 0.3 is 0 Å². The van der Waals surface area contributed by atoms with Crippen LogP contribution in [0.1, 0.15) is 36.5 Å². The van der Waals surface area contributed by atoms with E-state index in [0.717, 1.165) is 40.0 Å². The molecule has 9 nitrogen and oxygen atoms in total. The highest BCUT2D eigenvalue weighted by Gasteiger charge is 2.31. The number of anilines is 3. The predicted molar refractivity (Wildman–Crippen MR) is 136 cm³/mol. The number of aromatic nitrogens is 4. The van der Waals surface area contributed by atoms with Crippen LogP contribution in [0.25, 0.3) is 20.8 Å². The first kappa shape index (κ1) is 22.6. The molecule has 1 fully saturated rings. The van der Waals surface area contributed by atoms with Gasteiger partial charge in [-0.25, -0.2) is 9.97 Å². The molecule has 1 unspecified atom stereocenters. The van der Waals surface area contributed by atoms with Crippen molar-refractivity contribution < 1.29 is 9.90 Å². The number of nitrogens with one attached hydrogen (secondary N) is 2. The van der Waals surface area contributed by atoms with Crippen molar-refractivity contribution in [1.82, 2.24) is 25.1 Å². The number of nitrogens with zero attached hydrogens (tertiary/aromatic N) is 5. The Morgan fingerprint density at radius 2 is 2.15 bits per heavy atom. The van der Waals surface area contributed by atoms with Gasteiger partial charge in [-0.2, -0.15) is 0 Å². The molecule has 0 aliphatic carbocycles. The molecular weight excluding hydrogens is 470 g/mol. The summed E-state index contributed by atoms with van der Waals surface area (Å²) >= 11 is 2.84. The van der Waals surface area contributed by atoms with E-state index in [1.54, 1.807) is 22.4 Å². The van der Waals surface area contributed by atoms with Crippen molar-refractivity contribution in [2.45, 2.75) is 38.8 Å². The predicted octanol–water partition coefficient (Wildman–Crippen LogP) is 4.37. The molecule has 5 rings (SSSR count). The lowest BCUT2D eigenvalue weighted by Crippen LogP contribution is -2.37. The Morgan fingerprint density at radius 3 is 2.97 bits per heavy atom. The van der Waals surface area contributed by atoms with Gasteiger partial charge in [0.25, 0.3) is 5.91 Å². The number of pyridine rings is 1. The normalized spacial score (nSPS) is 15.9. The Balaban J connectivity index is 1.41. The fraction of sp³-hybridized carbons (Fsp3) is 0.348. The first-order valence-corrected chi connectivity index (χ1v) is 12.8. The molecule has 1 aliphatic heterocycles. The smallest absolute Gasteiger partial charge is 0.285 e. The number of benzene rings is 1. The molecule has 4 aromatic rings. The van der Waals surface area contributed by atoms with Gasteiger partial charge in [0.15, 0.2) is 5.01 Å². The zero-order valence-electron chi connectivity index (χ0n) is 18.9. The molecule has 1 aliphatic rings. The maximum absolute atomic E-state index is 12.9. The van der Waals surface area contributed by atoms with Gasteiger partial charge in [-0.1, -0.05) is 11.3 Å². The van der Waals surface area contributed by atoms with Gasteiger partial charge in [0.1, 0.15) is 5.82 Å². The number of hydrogen-bond donors (Lipinski definition) is 3. The van der Waals surface area contributed by atoms with E-state index >= 15 is 0 Å². The van der Waals surface area contributed by atoms with E-state index in [1.165, 1.54) is 11.3 Å².